The van der Waals surface area contributed by atoms with Crippen molar-refractivity contribution < 1.29 is 9.26 Å². The summed E-state index contributed by atoms with van der Waals surface area (Å²) in [6, 6.07) is 7.52. The molecule has 9 heteroatoms. The molecule has 39 heavy (non-hydrogen) atoms. The number of pyridine rings is 1. The largest absolute Gasteiger partial charge is 0.381 e. The number of anilines is 1. The van der Waals surface area contributed by atoms with Crippen molar-refractivity contribution in [1.82, 2.24) is 14.7 Å². The fourth-order valence-corrected chi connectivity index (χ4v) is 4.89. The molecular weight excluding hydrogens is 514 g/mol. The highest BCUT2D eigenvalue weighted by molar-refractivity contribution is 6.33. The van der Waals surface area contributed by atoms with Gasteiger partial charge < -0.3 is 14.6 Å². The summed E-state index contributed by atoms with van der Waals surface area (Å²) in [4.78, 5) is 23.4. The number of aliphatic imine (C=N–C) groups is 1. The number of benzene rings is 1. The molecule has 8 nitrogen and oxygen atoms in total. The highest BCUT2D eigenvalue weighted by Crippen LogP contribution is 2.32. The third-order valence-corrected chi connectivity index (χ3v) is 7.47. The number of nitrogens with zero attached hydrogens (tertiary/aromatic N) is 4. The molecule has 0 amide bonds. The molecule has 0 radical (unpaired) electrons. The minimum absolute atomic E-state index is 0.115. The van der Waals surface area contributed by atoms with E-state index in [4.69, 9.17) is 25.9 Å². The summed E-state index contributed by atoms with van der Waals surface area (Å²) in [5.74, 6) is 2.74. The van der Waals surface area contributed by atoms with E-state index < -0.39 is 0 Å². The Labute approximate surface area is 235 Å². The Balaban J connectivity index is 1.80. The number of ether oxygens (including phenoxy) is 1. The first-order valence-corrected chi connectivity index (χ1v) is 14.2. The van der Waals surface area contributed by atoms with E-state index in [9.17, 15) is 4.79 Å². The molecule has 3 heterocycles. The van der Waals surface area contributed by atoms with E-state index in [2.05, 4.69) is 42.8 Å². The van der Waals surface area contributed by atoms with Crippen LogP contribution >= 0.6 is 11.6 Å². The van der Waals surface area contributed by atoms with Gasteiger partial charge in [0.2, 0.25) is 11.7 Å². The van der Waals surface area contributed by atoms with Crippen LogP contribution in [0.5, 0.6) is 0 Å². The van der Waals surface area contributed by atoms with Gasteiger partial charge in [-0.15, -0.1) is 0 Å². The standard InChI is InChI=1S/C30H38ClN5O3/c1-6-9-14-36-29(34-27(19(4)7-2)33-23-12-15-38-16-13-23)21(8-3)17-25(30(36)37)24-11-10-22(18-26(24)31)28-32-20(5)39-35-28/h8,10-11,17-19,23H,3,6-7,9,12-16H2,1-2,4-5H3,(H,33,34). The van der Waals surface area contributed by atoms with Crippen molar-refractivity contribution in [2.45, 2.75) is 72.4 Å². The van der Waals surface area contributed by atoms with Crippen molar-refractivity contribution in [1.29, 1.82) is 0 Å². The maximum atomic E-state index is 14.0. The Morgan fingerprint density at radius 3 is 2.67 bits per heavy atom. The van der Waals surface area contributed by atoms with Crippen molar-refractivity contribution in [2.24, 2.45) is 10.9 Å². The number of unbranched alkanes of at least 4 members (excludes halogenated alkanes) is 1. The van der Waals surface area contributed by atoms with Gasteiger partial charge >= 0.3 is 0 Å². The summed E-state index contributed by atoms with van der Waals surface area (Å²) in [7, 11) is 0. The predicted molar refractivity (Wildman–Crippen MR) is 159 cm³/mol. The Morgan fingerprint density at radius 2 is 2.05 bits per heavy atom. The molecule has 1 saturated heterocycles. The van der Waals surface area contributed by atoms with Gasteiger partial charge in [-0.3, -0.25) is 14.4 Å². The number of aromatic nitrogens is 3. The zero-order chi connectivity index (χ0) is 27.9. The summed E-state index contributed by atoms with van der Waals surface area (Å²) in [6.07, 6.45) is 6.31. The monoisotopic (exact) mass is 551 g/mol. The molecule has 3 aromatic rings. The fourth-order valence-electron chi connectivity index (χ4n) is 4.60. The normalized spacial score (nSPS) is 15.4. The highest BCUT2D eigenvalue weighted by atomic mass is 35.5. The summed E-state index contributed by atoms with van der Waals surface area (Å²) in [6.45, 7) is 14.2. The molecular formula is C30H38ClN5O3. The highest BCUT2D eigenvalue weighted by Gasteiger charge is 2.21. The zero-order valence-corrected chi connectivity index (χ0v) is 24.1. The molecule has 4 rings (SSSR count). The van der Waals surface area contributed by atoms with Gasteiger partial charge in [0.1, 0.15) is 11.7 Å². The number of hydrogen-bond acceptors (Lipinski definition) is 6. The minimum atomic E-state index is -0.115. The Kier molecular flexibility index (Phi) is 9.75. The molecule has 1 fully saturated rings. The average Bonchev–Trinajstić information content (AvgIpc) is 3.39. The first kappa shape index (κ1) is 28.8. The lowest BCUT2D eigenvalue weighted by molar-refractivity contribution is 0.0870. The average molecular weight is 552 g/mol. The van der Waals surface area contributed by atoms with Crippen LogP contribution in [0.2, 0.25) is 5.02 Å². The van der Waals surface area contributed by atoms with Gasteiger partial charge in [0.25, 0.3) is 5.56 Å². The third-order valence-electron chi connectivity index (χ3n) is 7.16. The Bertz CT molecular complexity index is 1390. The van der Waals surface area contributed by atoms with Crippen molar-refractivity contribution in [2.75, 3.05) is 18.5 Å². The quantitative estimate of drug-likeness (QED) is 0.215. The van der Waals surface area contributed by atoms with E-state index in [0.717, 1.165) is 62.3 Å². The second kappa shape index (κ2) is 13.2. The number of aryl methyl sites for hydroxylation is 1. The summed E-state index contributed by atoms with van der Waals surface area (Å²) in [5, 5.41) is 7.99. The second-order valence-corrected chi connectivity index (χ2v) is 10.4. The molecule has 1 N–H and O–H groups in total. The minimum Gasteiger partial charge on any atom is -0.381 e. The Morgan fingerprint density at radius 1 is 1.28 bits per heavy atom. The smallest absolute Gasteiger partial charge is 0.260 e. The predicted octanol–water partition coefficient (Wildman–Crippen LogP) is 7.01. The molecule has 0 spiro atoms. The summed E-state index contributed by atoms with van der Waals surface area (Å²) >= 11 is 6.73. The molecule has 1 aliphatic heterocycles. The van der Waals surface area contributed by atoms with Crippen molar-refractivity contribution >= 4 is 29.3 Å². The van der Waals surface area contributed by atoms with Gasteiger partial charge in [0, 0.05) is 59.9 Å². The SMILES string of the molecule is C=Cc1cc(-c2ccc(-c3noc(C)n3)cc2Cl)c(=O)n(CCCC)c1NC(=NC1CCOCC1)C(C)CC. The third kappa shape index (κ3) is 6.68. The van der Waals surface area contributed by atoms with E-state index in [-0.39, 0.29) is 17.5 Å². The van der Waals surface area contributed by atoms with Crippen LogP contribution in [0.1, 0.15) is 64.3 Å². The van der Waals surface area contributed by atoms with Crippen LogP contribution < -0.4 is 10.9 Å². The van der Waals surface area contributed by atoms with Gasteiger partial charge in [-0.05, 0) is 37.8 Å². The van der Waals surface area contributed by atoms with Crippen molar-refractivity contribution in [3.63, 3.8) is 0 Å². The van der Waals surface area contributed by atoms with E-state index in [1.165, 1.54) is 0 Å². The van der Waals surface area contributed by atoms with Gasteiger partial charge in [-0.1, -0.05) is 68.7 Å². The van der Waals surface area contributed by atoms with Crippen molar-refractivity contribution in [3.8, 4) is 22.5 Å². The summed E-state index contributed by atoms with van der Waals surface area (Å²) in [5.41, 5.74) is 2.58. The van der Waals surface area contributed by atoms with Gasteiger partial charge in [-0.25, -0.2) is 0 Å². The lowest BCUT2D eigenvalue weighted by Gasteiger charge is -2.25. The number of rotatable bonds is 10. The van der Waals surface area contributed by atoms with Gasteiger partial charge in [-0.2, -0.15) is 4.98 Å². The topological polar surface area (TPSA) is 94.5 Å². The summed E-state index contributed by atoms with van der Waals surface area (Å²) < 4.78 is 12.4. The first-order valence-electron chi connectivity index (χ1n) is 13.8. The number of nitrogens with one attached hydrogen (secondary N) is 1. The molecule has 2 aromatic heterocycles. The number of amidine groups is 1. The van der Waals surface area contributed by atoms with Crippen LogP contribution in [-0.4, -0.2) is 39.8 Å². The molecule has 0 saturated carbocycles. The van der Waals surface area contributed by atoms with E-state index >= 15 is 0 Å². The fraction of sp³-hybridized carbons (Fsp3) is 0.467. The zero-order valence-electron chi connectivity index (χ0n) is 23.3. The van der Waals surface area contributed by atoms with Crippen LogP contribution in [0, 0.1) is 12.8 Å². The molecule has 1 atom stereocenters. The first-order chi connectivity index (χ1) is 18.9. The lowest BCUT2D eigenvalue weighted by Crippen LogP contribution is -2.31. The lowest BCUT2D eigenvalue weighted by atomic mass is 10.0. The molecule has 1 aromatic carbocycles. The van der Waals surface area contributed by atoms with Crippen LogP contribution in [0.3, 0.4) is 0 Å². The van der Waals surface area contributed by atoms with Crippen LogP contribution in [0.15, 0.2) is 45.2 Å². The van der Waals surface area contributed by atoms with E-state index in [1.54, 1.807) is 19.1 Å². The molecule has 208 valence electrons. The van der Waals surface area contributed by atoms with Gasteiger partial charge in [0.15, 0.2) is 0 Å². The molecule has 0 aliphatic carbocycles. The Hall–Kier alpha value is -3.23. The van der Waals surface area contributed by atoms with E-state index in [1.807, 2.05) is 22.8 Å². The maximum absolute atomic E-state index is 14.0. The maximum Gasteiger partial charge on any atom is 0.260 e. The molecule has 1 unspecified atom stereocenters. The van der Waals surface area contributed by atoms with Crippen LogP contribution in [0.25, 0.3) is 28.6 Å². The van der Waals surface area contributed by atoms with Crippen molar-refractivity contribution in [3.05, 3.63) is 57.7 Å². The molecule has 0 bridgehead atoms. The van der Waals surface area contributed by atoms with E-state index in [0.29, 0.717) is 40.2 Å². The number of halogens is 1. The molecule has 1 aliphatic rings. The van der Waals surface area contributed by atoms with Crippen LogP contribution in [-0.2, 0) is 11.3 Å². The van der Waals surface area contributed by atoms with Gasteiger partial charge in [0.05, 0.1) is 6.04 Å². The van der Waals surface area contributed by atoms with Crippen LogP contribution in [0.4, 0.5) is 5.82 Å². The second-order valence-electron chi connectivity index (χ2n) is 10.0. The number of hydrogen-bond donors (Lipinski definition) is 1.